The highest BCUT2D eigenvalue weighted by molar-refractivity contribution is 6.48. The summed E-state index contributed by atoms with van der Waals surface area (Å²) in [5.74, 6) is 0. The van der Waals surface area contributed by atoms with Gasteiger partial charge in [0.15, 0.2) is 0 Å². The van der Waals surface area contributed by atoms with Gasteiger partial charge in [-0.3, -0.25) is 4.99 Å². The molecule has 0 aromatic heterocycles. The Morgan fingerprint density at radius 3 is 3.00 bits per heavy atom. The maximum atomic E-state index is 8.72. The number of nitrogens with zero attached hydrogens (tertiary/aromatic N) is 2. The molecular formula is C11H12N2O. The van der Waals surface area contributed by atoms with Crippen LogP contribution in [0.5, 0.6) is 0 Å². The van der Waals surface area contributed by atoms with E-state index in [0.717, 1.165) is 24.2 Å². The fourth-order valence-corrected chi connectivity index (χ4v) is 1.70. The van der Waals surface area contributed by atoms with Crippen molar-refractivity contribution < 1.29 is 5.21 Å². The number of rotatable bonds is 1. The van der Waals surface area contributed by atoms with Gasteiger partial charge in [0.25, 0.3) is 0 Å². The molecule has 1 heterocycles. The van der Waals surface area contributed by atoms with E-state index in [1.807, 2.05) is 18.2 Å². The van der Waals surface area contributed by atoms with Crippen LogP contribution in [-0.4, -0.2) is 23.2 Å². The summed E-state index contributed by atoms with van der Waals surface area (Å²) in [6, 6.07) is 8.11. The largest absolute Gasteiger partial charge is 0.411 e. The SMILES string of the molecule is C/C(=N/O)C1=NCCc2ccccc21. The zero-order valence-corrected chi connectivity index (χ0v) is 8.07. The van der Waals surface area contributed by atoms with Crippen LogP contribution in [0.25, 0.3) is 0 Å². The molecule has 1 aliphatic rings. The van der Waals surface area contributed by atoms with Gasteiger partial charge in [-0.1, -0.05) is 29.4 Å². The van der Waals surface area contributed by atoms with E-state index in [1.165, 1.54) is 5.56 Å². The summed E-state index contributed by atoms with van der Waals surface area (Å²) in [6.45, 7) is 2.54. The first-order chi connectivity index (χ1) is 6.83. The number of hydrogen-bond donors (Lipinski definition) is 1. The first-order valence-corrected chi connectivity index (χ1v) is 4.64. The van der Waals surface area contributed by atoms with E-state index in [-0.39, 0.29) is 0 Å². The first-order valence-electron chi connectivity index (χ1n) is 4.64. The van der Waals surface area contributed by atoms with E-state index >= 15 is 0 Å². The number of hydrogen-bond acceptors (Lipinski definition) is 3. The third kappa shape index (κ3) is 1.41. The Kier molecular flexibility index (Phi) is 2.31. The number of oxime groups is 1. The molecule has 3 heteroatoms. The van der Waals surface area contributed by atoms with Crippen molar-refractivity contribution >= 4 is 11.4 Å². The van der Waals surface area contributed by atoms with Crippen LogP contribution in [0.3, 0.4) is 0 Å². The number of benzene rings is 1. The van der Waals surface area contributed by atoms with Crippen LogP contribution in [0.2, 0.25) is 0 Å². The fourth-order valence-electron chi connectivity index (χ4n) is 1.70. The lowest BCUT2D eigenvalue weighted by molar-refractivity contribution is 0.320. The van der Waals surface area contributed by atoms with E-state index in [1.54, 1.807) is 6.92 Å². The lowest BCUT2D eigenvalue weighted by Crippen LogP contribution is -2.19. The summed E-state index contributed by atoms with van der Waals surface area (Å²) in [7, 11) is 0. The third-order valence-corrected chi connectivity index (χ3v) is 2.42. The minimum absolute atomic E-state index is 0.581. The summed E-state index contributed by atoms with van der Waals surface area (Å²) < 4.78 is 0. The average molecular weight is 188 g/mol. The van der Waals surface area contributed by atoms with Gasteiger partial charge in [0.1, 0.15) is 5.71 Å². The van der Waals surface area contributed by atoms with Gasteiger partial charge in [0.05, 0.1) is 5.71 Å². The zero-order valence-electron chi connectivity index (χ0n) is 8.07. The summed E-state index contributed by atoms with van der Waals surface area (Å²) in [6.07, 6.45) is 0.971. The Morgan fingerprint density at radius 1 is 1.43 bits per heavy atom. The van der Waals surface area contributed by atoms with E-state index in [9.17, 15) is 0 Å². The van der Waals surface area contributed by atoms with Gasteiger partial charge in [0.2, 0.25) is 0 Å². The Balaban J connectivity index is 2.50. The molecule has 0 spiro atoms. The van der Waals surface area contributed by atoms with Gasteiger partial charge < -0.3 is 5.21 Å². The van der Waals surface area contributed by atoms with Crippen LogP contribution in [0.15, 0.2) is 34.4 Å². The molecule has 0 atom stereocenters. The topological polar surface area (TPSA) is 45.0 Å². The number of fused-ring (bicyclic) bond motifs is 1. The maximum absolute atomic E-state index is 8.72. The van der Waals surface area contributed by atoms with E-state index in [4.69, 9.17) is 5.21 Å². The van der Waals surface area contributed by atoms with Crippen molar-refractivity contribution in [3.63, 3.8) is 0 Å². The summed E-state index contributed by atoms with van der Waals surface area (Å²) in [5.41, 5.74) is 3.76. The Morgan fingerprint density at radius 2 is 2.21 bits per heavy atom. The average Bonchev–Trinajstić information content (AvgIpc) is 2.27. The molecule has 0 unspecified atom stereocenters. The predicted octanol–water partition coefficient (Wildman–Crippen LogP) is 1.88. The van der Waals surface area contributed by atoms with Crippen molar-refractivity contribution in [3.8, 4) is 0 Å². The first kappa shape index (κ1) is 8.94. The molecular weight excluding hydrogens is 176 g/mol. The normalized spacial score (nSPS) is 16.1. The standard InChI is InChI=1S/C11H12N2O/c1-8(13-14)11-10-5-3-2-4-9(10)6-7-12-11/h2-5,14H,6-7H2,1H3/b13-8-. The van der Waals surface area contributed by atoms with Crippen LogP contribution in [0.1, 0.15) is 18.1 Å². The van der Waals surface area contributed by atoms with Crippen LogP contribution in [-0.2, 0) is 6.42 Å². The monoisotopic (exact) mass is 188 g/mol. The molecule has 3 nitrogen and oxygen atoms in total. The molecule has 1 aromatic rings. The second-order valence-electron chi connectivity index (χ2n) is 3.32. The molecule has 1 aliphatic heterocycles. The second-order valence-corrected chi connectivity index (χ2v) is 3.32. The maximum Gasteiger partial charge on any atom is 0.102 e. The van der Waals surface area contributed by atoms with Crippen molar-refractivity contribution in [2.45, 2.75) is 13.3 Å². The molecule has 0 saturated heterocycles. The smallest absolute Gasteiger partial charge is 0.102 e. The van der Waals surface area contributed by atoms with E-state index in [0.29, 0.717) is 5.71 Å². The van der Waals surface area contributed by atoms with Crippen molar-refractivity contribution in [2.24, 2.45) is 10.1 Å². The molecule has 0 fully saturated rings. The van der Waals surface area contributed by atoms with Crippen molar-refractivity contribution in [3.05, 3.63) is 35.4 Å². The number of aliphatic imine (C=N–C) groups is 1. The molecule has 72 valence electrons. The quantitative estimate of drug-likeness (QED) is 0.408. The molecule has 0 bridgehead atoms. The van der Waals surface area contributed by atoms with Gasteiger partial charge in [-0.05, 0) is 18.9 Å². The van der Waals surface area contributed by atoms with Crippen LogP contribution >= 0.6 is 0 Å². The van der Waals surface area contributed by atoms with Crippen LogP contribution in [0, 0.1) is 0 Å². The highest BCUT2D eigenvalue weighted by Gasteiger charge is 2.15. The van der Waals surface area contributed by atoms with E-state index in [2.05, 4.69) is 16.2 Å². The van der Waals surface area contributed by atoms with E-state index < -0.39 is 0 Å². The van der Waals surface area contributed by atoms with Gasteiger partial charge in [-0.15, -0.1) is 0 Å². The summed E-state index contributed by atoms with van der Waals surface area (Å²) in [4.78, 5) is 4.37. The molecule has 1 N–H and O–H groups in total. The Bertz CT molecular complexity index is 408. The van der Waals surface area contributed by atoms with Gasteiger partial charge in [-0.25, -0.2) is 0 Å². The second kappa shape index (κ2) is 3.62. The minimum atomic E-state index is 0.581. The van der Waals surface area contributed by atoms with Crippen molar-refractivity contribution in [2.75, 3.05) is 6.54 Å². The minimum Gasteiger partial charge on any atom is -0.411 e. The molecule has 0 saturated carbocycles. The predicted molar refractivity (Wildman–Crippen MR) is 56.4 cm³/mol. The van der Waals surface area contributed by atoms with Gasteiger partial charge >= 0.3 is 0 Å². The lowest BCUT2D eigenvalue weighted by atomic mass is 9.96. The highest BCUT2D eigenvalue weighted by atomic mass is 16.4. The molecule has 2 rings (SSSR count). The molecule has 1 aromatic carbocycles. The summed E-state index contributed by atoms with van der Waals surface area (Å²) in [5, 5.41) is 11.9. The van der Waals surface area contributed by atoms with Gasteiger partial charge in [-0.2, -0.15) is 0 Å². The summed E-state index contributed by atoms with van der Waals surface area (Å²) >= 11 is 0. The van der Waals surface area contributed by atoms with Gasteiger partial charge in [0, 0.05) is 12.1 Å². The van der Waals surface area contributed by atoms with Crippen molar-refractivity contribution in [1.82, 2.24) is 0 Å². The molecule has 0 radical (unpaired) electrons. The Hall–Kier alpha value is -1.64. The molecule has 14 heavy (non-hydrogen) atoms. The third-order valence-electron chi connectivity index (χ3n) is 2.42. The Labute approximate surface area is 82.8 Å². The molecule has 0 aliphatic carbocycles. The van der Waals surface area contributed by atoms with Crippen LogP contribution < -0.4 is 0 Å². The highest BCUT2D eigenvalue weighted by Crippen LogP contribution is 2.16. The zero-order chi connectivity index (χ0) is 9.97. The fraction of sp³-hybridized carbons (Fsp3) is 0.273. The van der Waals surface area contributed by atoms with Crippen LogP contribution in [0.4, 0.5) is 0 Å². The van der Waals surface area contributed by atoms with Crippen molar-refractivity contribution in [1.29, 1.82) is 0 Å². The molecule has 0 amide bonds. The lowest BCUT2D eigenvalue weighted by Gasteiger charge is -2.15.